The first-order chi connectivity index (χ1) is 10.3. The first-order valence-electron chi connectivity index (χ1n) is 8.36. The van der Waals surface area contributed by atoms with E-state index < -0.39 is 0 Å². The molecule has 1 aliphatic heterocycles. The molecular formula is C18H26N2O. The summed E-state index contributed by atoms with van der Waals surface area (Å²) in [5.41, 5.74) is 1.33. The number of nitrogens with one attached hydrogen (secondary N) is 1. The molecule has 1 N–H and O–H groups in total. The summed E-state index contributed by atoms with van der Waals surface area (Å²) >= 11 is 0. The minimum absolute atomic E-state index is 0.243. The molecule has 114 valence electrons. The Hall–Kier alpha value is -1.35. The Kier molecular flexibility index (Phi) is 4.59. The number of carbonyl (C=O) groups is 1. The molecule has 1 amide bonds. The minimum Gasteiger partial charge on any atom is -0.342 e. The molecule has 2 unspecified atom stereocenters. The van der Waals surface area contributed by atoms with Crippen LogP contribution in [0.1, 0.15) is 44.1 Å². The van der Waals surface area contributed by atoms with E-state index in [4.69, 9.17) is 0 Å². The van der Waals surface area contributed by atoms with Crippen LogP contribution < -0.4 is 5.32 Å². The van der Waals surface area contributed by atoms with E-state index in [-0.39, 0.29) is 5.92 Å². The maximum atomic E-state index is 12.6. The maximum Gasteiger partial charge on any atom is 0.226 e. The molecule has 1 heterocycles. The quantitative estimate of drug-likeness (QED) is 0.902. The minimum atomic E-state index is 0.243. The van der Waals surface area contributed by atoms with Crippen LogP contribution in [0.2, 0.25) is 0 Å². The van der Waals surface area contributed by atoms with Crippen molar-refractivity contribution in [2.75, 3.05) is 19.6 Å². The fourth-order valence-corrected chi connectivity index (χ4v) is 3.42. The van der Waals surface area contributed by atoms with Gasteiger partial charge in [-0.05, 0) is 43.7 Å². The van der Waals surface area contributed by atoms with E-state index in [1.54, 1.807) is 0 Å². The first-order valence-corrected chi connectivity index (χ1v) is 8.36. The third-order valence-electron chi connectivity index (χ3n) is 4.83. The van der Waals surface area contributed by atoms with E-state index in [0.717, 1.165) is 38.9 Å². The van der Waals surface area contributed by atoms with Crippen molar-refractivity contribution in [3.63, 3.8) is 0 Å². The zero-order chi connectivity index (χ0) is 14.7. The van der Waals surface area contributed by atoms with Gasteiger partial charge in [-0.15, -0.1) is 0 Å². The average Bonchev–Trinajstić information content (AvgIpc) is 3.34. The van der Waals surface area contributed by atoms with Crippen LogP contribution >= 0.6 is 0 Å². The molecule has 2 fully saturated rings. The van der Waals surface area contributed by atoms with Crippen LogP contribution in [0.15, 0.2) is 30.3 Å². The maximum absolute atomic E-state index is 12.6. The molecule has 0 aromatic heterocycles. The fraction of sp³-hybridized carbons (Fsp3) is 0.611. The Morgan fingerprint density at radius 3 is 2.62 bits per heavy atom. The predicted octanol–water partition coefficient (Wildman–Crippen LogP) is 2.78. The van der Waals surface area contributed by atoms with Crippen molar-refractivity contribution in [1.29, 1.82) is 0 Å². The lowest BCUT2D eigenvalue weighted by Gasteiger charge is -2.32. The zero-order valence-electron chi connectivity index (χ0n) is 12.9. The summed E-state index contributed by atoms with van der Waals surface area (Å²) in [5, 5.41) is 3.57. The van der Waals surface area contributed by atoms with Crippen molar-refractivity contribution >= 4 is 5.91 Å². The van der Waals surface area contributed by atoms with Gasteiger partial charge in [0.15, 0.2) is 0 Å². The fourth-order valence-electron chi connectivity index (χ4n) is 3.42. The van der Waals surface area contributed by atoms with Crippen molar-refractivity contribution in [1.82, 2.24) is 10.2 Å². The number of hydrogen-bond donors (Lipinski definition) is 1. The van der Waals surface area contributed by atoms with E-state index in [0.29, 0.717) is 17.9 Å². The van der Waals surface area contributed by atoms with Gasteiger partial charge in [-0.3, -0.25) is 4.79 Å². The number of benzene rings is 1. The lowest BCUT2D eigenvalue weighted by Crippen LogP contribution is -2.45. The second-order valence-corrected chi connectivity index (χ2v) is 6.41. The molecular weight excluding hydrogens is 260 g/mol. The lowest BCUT2D eigenvalue weighted by molar-refractivity contribution is -0.133. The largest absolute Gasteiger partial charge is 0.342 e. The molecule has 1 saturated heterocycles. The van der Waals surface area contributed by atoms with Crippen molar-refractivity contribution in [3.05, 3.63) is 35.9 Å². The third-order valence-corrected chi connectivity index (χ3v) is 4.83. The van der Waals surface area contributed by atoms with Crippen molar-refractivity contribution in [2.45, 2.75) is 44.6 Å². The van der Waals surface area contributed by atoms with Gasteiger partial charge in [0.25, 0.3) is 0 Å². The molecule has 0 bridgehead atoms. The van der Waals surface area contributed by atoms with Gasteiger partial charge in [-0.1, -0.05) is 37.3 Å². The number of piperidine rings is 1. The second kappa shape index (κ2) is 6.61. The van der Waals surface area contributed by atoms with Crippen LogP contribution in [0.4, 0.5) is 0 Å². The van der Waals surface area contributed by atoms with Crippen LogP contribution in [-0.4, -0.2) is 36.5 Å². The van der Waals surface area contributed by atoms with Gasteiger partial charge in [0, 0.05) is 25.0 Å². The summed E-state index contributed by atoms with van der Waals surface area (Å²) in [4.78, 5) is 14.7. The summed E-state index contributed by atoms with van der Waals surface area (Å²) in [5.74, 6) is 1.10. The average molecular weight is 286 g/mol. The SMILES string of the molecule is CCCNC1CCN(C(=O)C2CC2c2ccccc2)CC1. The molecule has 1 aromatic rings. The summed E-state index contributed by atoms with van der Waals surface area (Å²) in [6.45, 7) is 5.15. The smallest absolute Gasteiger partial charge is 0.226 e. The summed E-state index contributed by atoms with van der Waals surface area (Å²) in [6, 6.07) is 11.1. The summed E-state index contributed by atoms with van der Waals surface area (Å²) < 4.78 is 0. The Labute approximate surface area is 127 Å². The zero-order valence-corrected chi connectivity index (χ0v) is 12.9. The second-order valence-electron chi connectivity index (χ2n) is 6.41. The number of hydrogen-bond acceptors (Lipinski definition) is 2. The van der Waals surface area contributed by atoms with E-state index in [1.165, 1.54) is 12.0 Å². The van der Waals surface area contributed by atoms with E-state index >= 15 is 0 Å². The van der Waals surface area contributed by atoms with Crippen molar-refractivity contribution in [2.24, 2.45) is 5.92 Å². The van der Waals surface area contributed by atoms with Gasteiger partial charge >= 0.3 is 0 Å². The van der Waals surface area contributed by atoms with Gasteiger partial charge in [0.1, 0.15) is 0 Å². The molecule has 0 radical (unpaired) electrons. The number of rotatable bonds is 5. The monoisotopic (exact) mass is 286 g/mol. The Morgan fingerprint density at radius 2 is 1.95 bits per heavy atom. The van der Waals surface area contributed by atoms with Gasteiger partial charge in [0.2, 0.25) is 5.91 Å². The molecule has 1 aliphatic carbocycles. The molecule has 2 aliphatic rings. The molecule has 21 heavy (non-hydrogen) atoms. The molecule has 3 nitrogen and oxygen atoms in total. The number of likely N-dealkylation sites (tertiary alicyclic amines) is 1. The highest BCUT2D eigenvalue weighted by molar-refractivity contribution is 5.83. The molecule has 0 spiro atoms. The molecule has 3 heteroatoms. The molecule has 2 atom stereocenters. The van der Waals surface area contributed by atoms with Crippen molar-refractivity contribution in [3.8, 4) is 0 Å². The highest BCUT2D eigenvalue weighted by atomic mass is 16.2. The van der Waals surface area contributed by atoms with Crippen LogP contribution in [-0.2, 0) is 4.79 Å². The molecule has 1 aromatic carbocycles. The highest BCUT2D eigenvalue weighted by Gasteiger charge is 2.45. The molecule has 3 rings (SSSR count). The summed E-state index contributed by atoms with van der Waals surface area (Å²) in [6.07, 6.45) is 4.43. The van der Waals surface area contributed by atoms with Gasteiger partial charge in [-0.25, -0.2) is 0 Å². The number of amides is 1. The van der Waals surface area contributed by atoms with Crippen LogP contribution in [0, 0.1) is 5.92 Å². The van der Waals surface area contributed by atoms with Crippen molar-refractivity contribution < 1.29 is 4.79 Å². The van der Waals surface area contributed by atoms with E-state index in [2.05, 4.69) is 41.4 Å². The number of nitrogens with zero attached hydrogens (tertiary/aromatic N) is 1. The lowest BCUT2D eigenvalue weighted by atomic mass is 10.0. The predicted molar refractivity (Wildman–Crippen MR) is 85.2 cm³/mol. The highest BCUT2D eigenvalue weighted by Crippen LogP contribution is 2.48. The molecule has 1 saturated carbocycles. The van der Waals surface area contributed by atoms with E-state index in [1.807, 2.05) is 6.07 Å². The van der Waals surface area contributed by atoms with Gasteiger partial charge in [-0.2, -0.15) is 0 Å². The summed E-state index contributed by atoms with van der Waals surface area (Å²) in [7, 11) is 0. The topological polar surface area (TPSA) is 32.3 Å². The van der Waals surface area contributed by atoms with Crippen LogP contribution in [0.25, 0.3) is 0 Å². The standard InChI is InChI=1S/C18H26N2O/c1-2-10-19-15-8-11-20(12-9-15)18(21)17-13-16(17)14-6-4-3-5-7-14/h3-7,15-17,19H,2,8-13H2,1H3. The number of carbonyl (C=O) groups excluding carboxylic acids is 1. The van der Waals surface area contributed by atoms with Crippen LogP contribution in [0.3, 0.4) is 0 Å². The van der Waals surface area contributed by atoms with Gasteiger partial charge in [0.05, 0.1) is 0 Å². The Morgan fingerprint density at radius 1 is 1.24 bits per heavy atom. The normalized spacial score (nSPS) is 25.9. The van der Waals surface area contributed by atoms with Crippen LogP contribution in [0.5, 0.6) is 0 Å². The third kappa shape index (κ3) is 3.46. The van der Waals surface area contributed by atoms with E-state index in [9.17, 15) is 4.79 Å². The first kappa shape index (κ1) is 14.6. The van der Waals surface area contributed by atoms with Gasteiger partial charge < -0.3 is 10.2 Å². The Balaban J connectivity index is 1.48. The Bertz CT molecular complexity index is 465.